The molecule has 0 aliphatic heterocycles. The van der Waals surface area contributed by atoms with Gasteiger partial charge in [-0.2, -0.15) is 0 Å². The Morgan fingerprint density at radius 1 is 1.00 bits per heavy atom. The Morgan fingerprint density at radius 3 is 2.29 bits per heavy atom. The number of hydrogen-bond donors (Lipinski definition) is 1. The molecule has 0 amide bonds. The Labute approximate surface area is 173 Å². The third kappa shape index (κ3) is 4.17. The molecule has 2 aliphatic rings. The van der Waals surface area contributed by atoms with Gasteiger partial charge in [-0.25, -0.2) is 0 Å². The highest BCUT2D eigenvalue weighted by molar-refractivity contribution is 7.80. The van der Waals surface area contributed by atoms with E-state index in [-0.39, 0.29) is 6.10 Å². The van der Waals surface area contributed by atoms with Gasteiger partial charge >= 0.3 is 0 Å². The number of thiocarbonyl (C=S) groups is 1. The van der Waals surface area contributed by atoms with E-state index in [9.17, 15) is 0 Å². The van der Waals surface area contributed by atoms with Crippen LogP contribution in [0.25, 0.3) is 0 Å². The minimum atomic E-state index is 0.278. The molecule has 2 aromatic carbocycles. The number of benzene rings is 2. The van der Waals surface area contributed by atoms with Gasteiger partial charge < -0.3 is 14.8 Å². The minimum absolute atomic E-state index is 0.278. The molecular formula is C24H29NO2S. The van der Waals surface area contributed by atoms with Gasteiger partial charge in [-0.3, -0.25) is 0 Å². The van der Waals surface area contributed by atoms with E-state index < -0.39 is 0 Å². The Kier molecular flexibility index (Phi) is 5.86. The summed E-state index contributed by atoms with van der Waals surface area (Å²) in [4.78, 5) is 0. The summed E-state index contributed by atoms with van der Waals surface area (Å²) in [5.41, 5.74) is 3.00. The summed E-state index contributed by atoms with van der Waals surface area (Å²) in [6.07, 6.45) is 7.70. The summed E-state index contributed by atoms with van der Waals surface area (Å²) < 4.78 is 11.4. The van der Waals surface area contributed by atoms with Gasteiger partial charge in [0.15, 0.2) is 0 Å². The smallest absolute Gasteiger partial charge is 0.257 e. The van der Waals surface area contributed by atoms with Gasteiger partial charge in [0.1, 0.15) is 11.9 Å². The maximum Gasteiger partial charge on any atom is 0.257 e. The first-order chi connectivity index (χ1) is 13.7. The molecule has 148 valence electrons. The van der Waals surface area contributed by atoms with Gasteiger partial charge in [0.2, 0.25) is 0 Å². The van der Waals surface area contributed by atoms with Crippen molar-refractivity contribution in [2.24, 2.45) is 5.41 Å². The van der Waals surface area contributed by atoms with E-state index in [0.717, 1.165) is 12.2 Å². The predicted octanol–water partition coefficient (Wildman–Crippen LogP) is 5.59. The Morgan fingerprint density at radius 2 is 1.68 bits per heavy atom. The van der Waals surface area contributed by atoms with Crippen LogP contribution < -0.4 is 10.1 Å². The topological polar surface area (TPSA) is 30.5 Å². The Balaban J connectivity index is 1.25. The van der Waals surface area contributed by atoms with Crippen LogP contribution in [0.1, 0.15) is 55.6 Å². The number of methoxy groups -OCH3 is 1. The highest BCUT2D eigenvalue weighted by Crippen LogP contribution is 2.55. The molecule has 3 nitrogen and oxygen atoms in total. The van der Waals surface area contributed by atoms with Crippen molar-refractivity contribution >= 4 is 17.4 Å². The predicted molar refractivity (Wildman–Crippen MR) is 117 cm³/mol. The monoisotopic (exact) mass is 395 g/mol. The lowest BCUT2D eigenvalue weighted by Crippen LogP contribution is -2.50. The zero-order valence-electron chi connectivity index (χ0n) is 16.5. The largest absolute Gasteiger partial charge is 0.497 e. The fraction of sp³-hybridized carbons (Fsp3) is 0.458. The molecule has 1 unspecified atom stereocenters. The fourth-order valence-electron chi connectivity index (χ4n) is 4.77. The molecule has 2 fully saturated rings. The van der Waals surface area contributed by atoms with E-state index >= 15 is 0 Å². The molecule has 0 saturated heterocycles. The molecule has 0 radical (unpaired) electrons. The Bertz CT molecular complexity index is 782. The highest BCUT2D eigenvalue weighted by Gasteiger charge is 2.50. The standard InChI is InChI=1S/C24H29NO2S/c1-26-21-9-7-18(8-10-21)17-25-23(28)27-22-13-16-24(22)14-11-20(12-15-24)19-5-3-2-4-6-19/h2-10,20,22H,11-17H2,1H3,(H,25,28). The fourth-order valence-corrected chi connectivity index (χ4v) is 4.95. The summed E-state index contributed by atoms with van der Waals surface area (Å²) in [5, 5.41) is 3.79. The van der Waals surface area contributed by atoms with Crippen molar-refractivity contribution in [3.63, 3.8) is 0 Å². The second-order valence-corrected chi connectivity index (χ2v) is 8.55. The van der Waals surface area contributed by atoms with Crippen LogP contribution in [0.5, 0.6) is 5.75 Å². The second kappa shape index (κ2) is 8.52. The molecule has 2 aromatic rings. The van der Waals surface area contributed by atoms with Crippen molar-refractivity contribution in [3.05, 3.63) is 65.7 Å². The molecular weight excluding hydrogens is 366 g/mol. The van der Waals surface area contributed by atoms with E-state index in [0.29, 0.717) is 23.1 Å². The van der Waals surface area contributed by atoms with Crippen LogP contribution in [-0.4, -0.2) is 18.4 Å². The zero-order chi connectivity index (χ0) is 19.4. The summed E-state index contributed by atoms with van der Waals surface area (Å²) in [5.74, 6) is 1.57. The quantitative estimate of drug-likeness (QED) is 0.668. The van der Waals surface area contributed by atoms with Crippen molar-refractivity contribution in [3.8, 4) is 5.75 Å². The van der Waals surface area contributed by atoms with Crippen LogP contribution in [-0.2, 0) is 11.3 Å². The lowest BCUT2D eigenvalue weighted by Gasteiger charge is -2.52. The molecule has 0 bridgehead atoms. The first kappa shape index (κ1) is 19.3. The van der Waals surface area contributed by atoms with Crippen molar-refractivity contribution in [2.45, 2.75) is 57.1 Å². The number of ether oxygens (including phenoxy) is 2. The van der Waals surface area contributed by atoms with Crippen molar-refractivity contribution in [2.75, 3.05) is 7.11 Å². The maximum absolute atomic E-state index is 6.18. The molecule has 0 aromatic heterocycles. The summed E-state index contributed by atoms with van der Waals surface area (Å²) in [6, 6.07) is 19.0. The molecule has 1 spiro atoms. The summed E-state index contributed by atoms with van der Waals surface area (Å²) >= 11 is 5.47. The van der Waals surface area contributed by atoms with Crippen LogP contribution in [0.15, 0.2) is 54.6 Å². The van der Waals surface area contributed by atoms with Gasteiger partial charge in [0, 0.05) is 12.0 Å². The number of nitrogens with one attached hydrogen (secondary N) is 1. The van der Waals surface area contributed by atoms with Gasteiger partial charge in [0.25, 0.3) is 5.17 Å². The Hall–Kier alpha value is -2.07. The number of hydrogen-bond acceptors (Lipinski definition) is 3. The molecule has 2 aliphatic carbocycles. The molecule has 28 heavy (non-hydrogen) atoms. The lowest BCUT2D eigenvalue weighted by atomic mass is 9.56. The third-order valence-corrected chi connectivity index (χ3v) is 6.93. The number of rotatable bonds is 5. The first-order valence-corrected chi connectivity index (χ1v) is 10.7. The van der Waals surface area contributed by atoms with E-state index in [1.807, 2.05) is 24.3 Å². The van der Waals surface area contributed by atoms with E-state index in [2.05, 4.69) is 35.6 Å². The molecule has 1 N–H and O–H groups in total. The zero-order valence-corrected chi connectivity index (χ0v) is 17.3. The normalized spacial score (nSPS) is 26.3. The molecule has 0 heterocycles. The van der Waals surface area contributed by atoms with Gasteiger partial charge in [-0.05, 0) is 79.9 Å². The van der Waals surface area contributed by atoms with E-state index in [1.165, 1.54) is 43.2 Å². The van der Waals surface area contributed by atoms with Crippen molar-refractivity contribution in [1.29, 1.82) is 0 Å². The average molecular weight is 396 g/mol. The average Bonchev–Trinajstić information content (AvgIpc) is 2.76. The first-order valence-electron chi connectivity index (χ1n) is 10.3. The summed E-state index contributed by atoms with van der Waals surface area (Å²) in [7, 11) is 1.68. The SMILES string of the molecule is COc1ccc(CNC(=S)OC2CCC23CCC(c2ccccc2)CC3)cc1. The van der Waals surface area contributed by atoms with Gasteiger partial charge in [-0.15, -0.1) is 0 Å². The van der Waals surface area contributed by atoms with Crippen LogP contribution >= 0.6 is 12.2 Å². The highest BCUT2D eigenvalue weighted by atomic mass is 32.1. The van der Waals surface area contributed by atoms with Crippen LogP contribution in [0, 0.1) is 5.41 Å². The summed E-state index contributed by atoms with van der Waals surface area (Å²) in [6.45, 7) is 0.679. The lowest BCUT2D eigenvalue weighted by molar-refractivity contribution is -0.0809. The van der Waals surface area contributed by atoms with E-state index in [1.54, 1.807) is 7.11 Å². The van der Waals surface area contributed by atoms with Gasteiger partial charge in [-0.1, -0.05) is 42.5 Å². The van der Waals surface area contributed by atoms with Gasteiger partial charge in [0.05, 0.1) is 7.11 Å². The molecule has 1 atom stereocenters. The molecule has 2 saturated carbocycles. The maximum atomic E-state index is 6.18. The van der Waals surface area contributed by atoms with Crippen molar-refractivity contribution < 1.29 is 9.47 Å². The van der Waals surface area contributed by atoms with Crippen LogP contribution in [0.4, 0.5) is 0 Å². The molecule has 4 rings (SSSR count). The minimum Gasteiger partial charge on any atom is -0.497 e. The molecule has 4 heteroatoms. The third-order valence-electron chi connectivity index (χ3n) is 6.68. The second-order valence-electron chi connectivity index (χ2n) is 8.18. The van der Waals surface area contributed by atoms with Crippen LogP contribution in [0.2, 0.25) is 0 Å². The van der Waals surface area contributed by atoms with Crippen molar-refractivity contribution in [1.82, 2.24) is 5.32 Å². The van der Waals surface area contributed by atoms with Crippen LogP contribution in [0.3, 0.4) is 0 Å². The van der Waals surface area contributed by atoms with E-state index in [4.69, 9.17) is 21.7 Å².